The average Bonchev–Trinajstić information content (AvgIpc) is 3.16. The van der Waals surface area contributed by atoms with E-state index in [2.05, 4.69) is 23.8 Å². The Morgan fingerprint density at radius 1 is 1.35 bits per heavy atom. The summed E-state index contributed by atoms with van der Waals surface area (Å²) >= 11 is 1.87. The highest BCUT2D eigenvalue weighted by atomic mass is 32.2. The van der Waals surface area contributed by atoms with Crippen molar-refractivity contribution in [1.29, 1.82) is 0 Å². The summed E-state index contributed by atoms with van der Waals surface area (Å²) in [4.78, 5) is 4.77. The van der Waals surface area contributed by atoms with Crippen molar-refractivity contribution < 1.29 is 0 Å². The van der Waals surface area contributed by atoms with Crippen molar-refractivity contribution in [3.8, 4) is 0 Å². The molecule has 0 aromatic carbocycles. The lowest BCUT2D eigenvalue weighted by Gasteiger charge is -2.14. The van der Waals surface area contributed by atoms with Crippen LogP contribution in [0.3, 0.4) is 0 Å². The number of nitrogens with zero attached hydrogens (tertiary/aromatic N) is 1. The summed E-state index contributed by atoms with van der Waals surface area (Å²) in [6.45, 7) is 5.11. The molecular formula is C13H25N3S. The highest BCUT2D eigenvalue weighted by molar-refractivity contribution is 7.98. The van der Waals surface area contributed by atoms with Crippen molar-refractivity contribution >= 4 is 17.7 Å². The molecule has 17 heavy (non-hydrogen) atoms. The Morgan fingerprint density at radius 3 is 2.65 bits per heavy atom. The second-order valence-corrected chi connectivity index (χ2v) is 6.24. The van der Waals surface area contributed by atoms with Crippen molar-refractivity contribution in [2.75, 3.05) is 31.6 Å². The molecule has 0 radical (unpaired) electrons. The molecule has 0 bridgehead atoms. The van der Waals surface area contributed by atoms with Crippen LogP contribution >= 0.6 is 11.8 Å². The molecule has 0 amide bonds. The molecule has 0 spiro atoms. The van der Waals surface area contributed by atoms with Crippen LogP contribution in [0.4, 0.5) is 0 Å². The summed E-state index contributed by atoms with van der Waals surface area (Å²) in [7, 11) is 0. The highest BCUT2D eigenvalue weighted by Gasteiger charge is 2.53. The van der Waals surface area contributed by atoms with Crippen molar-refractivity contribution in [1.82, 2.24) is 10.6 Å². The van der Waals surface area contributed by atoms with Gasteiger partial charge in [0.25, 0.3) is 0 Å². The van der Waals surface area contributed by atoms with Gasteiger partial charge in [-0.15, -0.1) is 0 Å². The first-order valence-electron chi connectivity index (χ1n) is 6.82. The summed E-state index contributed by atoms with van der Waals surface area (Å²) in [5, 5.41) is 6.73. The van der Waals surface area contributed by atoms with Crippen LogP contribution in [0.15, 0.2) is 4.99 Å². The van der Waals surface area contributed by atoms with Crippen LogP contribution in [-0.4, -0.2) is 37.6 Å². The molecule has 0 saturated heterocycles. The zero-order valence-corrected chi connectivity index (χ0v) is 11.9. The smallest absolute Gasteiger partial charge is 0.191 e. The minimum atomic E-state index is 0.613. The normalized spacial score (nSPS) is 22.4. The minimum absolute atomic E-state index is 0.613. The Morgan fingerprint density at radius 2 is 2.12 bits per heavy atom. The van der Waals surface area contributed by atoms with Crippen LogP contribution in [-0.2, 0) is 0 Å². The molecule has 2 saturated carbocycles. The molecule has 3 nitrogen and oxygen atoms in total. The molecule has 2 fully saturated rings. The first-order valence-corrected chi connectivity index (χ1v) is 8.21. The Kier molecular flexibility index (Phi) is 4.60. The monoisotopic (exact) mass is 255 g/mol. The van der Waals surface area contributed by atoms with E-state index in [-0.39, 0.29) is 0 Å². The summed E-state index contributed by atoms with van der Waals surface area (Å²) in [6, 6.07) is 0. The van der Waals surface area contributed by atoms with Crippen molar-refractivity contribution in [2.45, 2.75) is 32.6 Å². The maximum Gasteiger partial charge on any atom is 0.191 e. The van der Waals surface area contributed by atoms with E-state index >= 15 is 0 Å². The summed E-state index contributed by atoms with van der Waals surface area (Å²) in [5.74, 6) is 3.15. The maximum atomic E-state index is 4.77. The molecule has 0 atom stereocenters. The van der Waals surface area contributed by atoms with Crippen molar-refractivity contribution in [3.63, 3.8) is 0 Å². The van der Waals surface area contributed by atoms with Crippen molar-refractivity contribution in [3.05, 3.63) is 0 Å². The summed E-state index contributed by atoms with van der Waals surface area (Å²) in [5.41, 5.74) is 0.613. The van der Waals surface area contributed by atoms with E-state index in [0.717, 1.165) is 37.3 Å². The van der Waals surface area contributed by atoms with Gasteiger partial charge in [-0.2, -0.15) is 11.8 Å². The number of hydrogen-bond acceptors (Lipinski definition) is 2. The van der Waals surface area contributed by atoms with Gasteiger partial charge in [0.15, 0.2) is 5.96 Å². The van der Waals surface area contributed by atoms with Crippen LogP contribution < -0.4 is 10.6 Å². The third-order valence-corrected chi connectivity index (χ3v) is 4.44. The van der Waals surface area contributed by atoms with Crippen LogP contribution in [0.25, 0.3) is 0 Å². The second-order valence-electron chi connectivity index (χ2n) is 5.25. The van der Waals surface area contributed by atoms with Gasteiger partial charge in [0.05, 0.1) is 0 Å². The van der Waals surface area contributed by atoms with E-state index in [1.165, 1.54) is 25.7 Å². The number of rotatable bonds is 7. The fraction of sp³-hybridized carbons (Fsp3) is 0.923. The third kappa shape index (κ3) is 3.80. The Hall–Kier alpha value is -0.380. The molecule has 2 rings (SSSR count). The molecule has 0 unspecified atom stereocenters. The standard InChI is InChI=1S/C13H25N3S/c1-3-14-12(15-8-9-17-2)16-10-13(6-7-13)11-4-5-11/h11H,3-10H2,1-2H3,(H2,14,15,16). The molecule has 2 aliphatic carbocycles. The second kappa shape index (κ2) is 5.98. The number of aliphatic imine (C=N–C) groups is 1. The maximum absolute atomic E-state index is 4.77. The van der Waals surface area contributed by atoms with Crippen LogP contribution in [0, 0.1) is 11.3 Å². The molecular weight excluding hydrogens is 230 g/mol. The van der Waals surface area contributed by atoms with E-state index in [1.54, 1.807) is 0 Å². The Bertz CT molecular complexity index is 270. The lowest BCUT2D eigenvalue weighted by molar-refractivity contribution is 0.452. The quantitative estimate of drug-likeness (QED) is 0.415. The van der Waals surface area contributed by atoms with Gasteiger partial charge in [-0.25, -0.2) is 0 Å². The van der Waals surface area contributed by atoms with E-state index in [9.17, 15) is 0 Å². The lowest BCUT2D eigenvalue weighted by Crippen LogP contribution is -2.38. The topological polar surface area (TPSA) is 36.4 Å². The van der Waals surface area contributed by atoms with Gasteiger partial charge in [-0.05, 0) is 50.2 Å². The molecule has 0 aliphatic heterocycles. The lowest BCUT2D eigenvalue weighted by atomic mass is 10.0. The molecule has 0 heterocycles. The van der Waals surface area contributed by atoms with Gasteiger partial charge in [0, 0.05) is 25.4 Å². The van der Waals surface area contributed by atoms with E-state index < -0.39 is 0 Å². The first kappa shape index (κ1) is 13.1. The number of guanidine groups is 1. The van der Waals surface area contributed by atoms with Crippen LogP contribution in [0.5, 0.6) is 0 Å². The largest absolute Gasteiger partial charge is 0.357 e. The van der Waals surface area contributed by atoms with E-state index in [4.69, 9.17) is 4.99 Å². The molecule has 0 aromatic rings. The number of nitrogens with one attached hydrogen (secondary N) is 2. The Labute approximate surface area is 109 Å². The van der Waals surface area contributed by atoms with Crippen LogP contribution in [0.1, 0.15) is 32.6 Å². The minimum Gasteiger partial charge on any atom is -0.357 e. The predicted molar refractivity (Wildman–Crippen MR) is 76.8 cm³/mol. The summed E-state index contributed by atoms with van der Waals surface area (Å²) < 4.78 is 0. The molecule has 98 valence electrons. The van der Waals surface area contributed by atoms with Gasteiger partial charge in [0.1, 0.15) is 0 Å². The van der Waals surface area contributed by atoms with E-state index in [0.29, 0.717) is 5.41 Å². The fourth-order valence-corrected chi connectivity index (χ4v) is 2.71. The average molecular weight is 255 g/mol. The van der Waals surface area contributed by atoms with Gasteiger partial charge in [-0.3, -0.25) is 4.99 Å². The van der Waals surface area contributed by atoms with E-state index in [1.807, 2.05) is 11.8 Å². The molecule has 4 heteroatoms. The Balaban J connectivity index is 1.77. The predicted octanol–water partition coefficient (Wildman–Crippen LogP) is 2.09. The van der Waals surface area contributed by atoms with Crippen molar-refractivity contribution in [2.24, 2.45) is 16.3 Å². The van der Waals surface area contributed by atoms with Gasteiger partial charge < -0.3 is 10.6 Å². The molecule has 0 aromatic heterocycles. The van der Waals surface area contributed by atoms with Gasteiger partial charge in [0.2, 0.25) is 0 Å². The highest BCUT2D eigenvalue weighted by Crippen LogP contribution is 2.61. The zero-order chi connectivity index (χ0) is 12.1. The number of hydrogen-bond donors (Lipinski definition) is 2. The number of thioether (sulfide) groups is 1. The van der Waals surface area contributed by atoms with Gasteiger partial charge in [-0.1, -0.05) is 0 Å². The third-order valence-electron chi connectivity index (χ3n) is 3.83. The SMILES string of the molecule is CCNC(=NCC1(C2CC2)CC1)NCCSC. The fourth-order valence-electron chi connectivity index (χ4n) is 2.40. The summed E-state index contributed by atoms with van der Waals surface area (Å²) in [6.07, 6.45) is 7.85. The molecule has 2 N–H and O–H groups in total. The van der Waals surface area contributed by atoms with Gasteiger partial charge >= 0.3 is 0 Å². The van der Waals surface area contributed by atoms with Crippen LogP contribution in [0.2, 0.25) is 0 Å². The zero-order valence-electron chi connectivity index (χ0n) is 11.1. The molecule has 2 aliphatic rings. The first-order chi connectivity index (χ1) is 8.30.